The molecule has 0 spiro atoms. The monoisotopic (exact) mass is 496 g/mol. The zero-order valence-corrected chi connectivity index (χ0v) is 20.8. The summed E-state index contributed by atoms with van der Waals surface area (Å²) in [5, 5.41) is 7.54. The summed E-state index contributed by atoms with van der Waals surface area (Å²) >= 11 is 1.56. The number of amides is 1. The first-order valence-electron chi connectivity index (χ1n) is 10.6. The Balaban J connectivity index is 1.72. The largest absolute Gasteiger partial charge is 0.449 e. The molecule has 0 bridgehead atoms. The zero-order valence-electron chi connectivity index (χ0n) is 19.2. The average Bonchev–Trinajstić information content (AvgIpc) is 3.41. The molecule has 0 unspecified atom stereocenters. The maximum absolute atomic E-state index is 12.9. The Morgan fingerprint density at radius 2 is 1.85 bits per heavy atom. The van der Waals surface area contributed by atoms with E-state index in [1.807, 2.05) is 59.8 Å². The lowest BCUT2D eigenvalue weighted by atomic mass is 10.0. The van der Waals surface area contributed by atoms with Gasteiger partial charge in [-0.1, -0.05) is 29.8 Å². The Morgan fingerprint density at radius 3 is 2.50 bits per heavy atom. The van der Waals surface area contributed by atoms with Crippen molar-refractivity contribution in [2.24, 2.45) is 0 Å². The third-order valence-electron chi connectivity index (χ3n) is 5.28. The lowest BCUT2D eigenvalue weighted by Gasteiger charge is -2.13. The van der Waals surface area contributed by atoms with Crippen molar-refractivity contribution in [3.8, 4) is 27.4 Å². The highest BCUT2D eigenvalue weighted by molar-refractivity contribution is 7.90. The van der Waals surface area contributed by atoms with Crippen molar-refractivity contribution < 1.29 is 17.9 Å². The van der Waals surface area contributed by atoms with Gasteiger partial charge in [-0.3, -0.25) is 0 Å². The first-order valence-corrected chi connectivity index (χ1v) is 12.9. The molecular weight excluding hydrogens is 472 g/mol. The number of carbonyl (C=O) groups is 1. The molecule has 2 aromatic carbocycles. The number of nitrogens with one attached hydrogen (secondary N) is 1. The third-order valence-corrected chi connectivity index (χ3v) is 7.44. The molecule has 10 heteroatoms. The topological polar surface area (TPSA) is 103 Å². The van der Waals surface area contributed by atoms with Gasteiger partial charge in [0.05, 0.1) is 34.1 Å². The van der Waals surface area contributed by atoms with E-state index in [1.54, 1.807) is 36.6 Å². The number of aryl methyl sites for hydroxylation is 2. The van der Waals surface area contributed by atoms with Crippen LogP contribution in [-0.2, 0) is 14.8 Å². The van der Waals surface area contributed by atoms with E-state index in [0.29, 0.717) is 11.1 Å². The van der Waals surface area contributed by atoms with E-state index in [1.165, 1.54) is 6.07 Å². The van der Waals surface area contributed by atoms with Crippen molar-refractivity contribution in [3.05, 3.63) is 71.0 Å². The third kappa shape index (κ3) is 4.59. The Hall–Kier alpha value is -3.50. The van der Waals surface area contributed by atoms with Gasteiger partial charge in [0.2, 0.25) is 0 Å². The van der Waals surface area contributed by atoms with E-state index in [0.717, 1.165) is 33.2 Å². The summed E-state index contributed by atoms with van der Waals surface area (Å²) < 4.78 is 34.3. The predicted molar refractivity (Wildman–Crippen MR) is 132 cm³/mol. The van der Waals surface area contributed by atoms with Crippen molar-refractivity contribution in [2.75, 3.05) is 6.61 Å². The number of benzene rings is 2. The molecule has 0 aliphatic carbocycles. The zero-order chi connectivity index (χ0) is 24.5. The molecule has 2 heterocycles. The SMILES string of the molecule is CCOC(=O)NS(=O)(=O)c1ccc(C)cc1-c1ccc(-n2nc(C)c(-c3nccs3)c2C)cc1. The van der Waals surface area contributed by atoms with Crippen LogP contribution in [0.4, 0.5) is 4.79 Å². The lowest BCUT2D eigenvalue weighted by Crippen LogP contribution is -2.31. The summed E-state index contributed by atoms with van der Waals surface area (Å²) in [4.78, 5) is 16.2. The number of thiazole rings is 1. The van der Waals surface area contributed by atoms with Crippen LogP contribution in [0.5, 0.6) is 0 Å². The maximum Gasteiger partial charge on any atom is 0.421 e. The molecule has 4 aromatic rings. The van der Waals surface area contributed by atoms with Gasteiger partial charge in [0.15, 0.2) is 0 Å². The summed E-state index contributed by atoms with van der Waals surface area (Å²) in [5.74, 6) is 0. The molecule has 0 fully saturated rings. The van der Waals surface area contributed by atoms with Crippen molar-refractivity contribution >= 4 is 27.5 Å². The molecule has 0 saturated carbocycles. The first-order chi connectivity index (χ1) is 16.2. The van der Waals surface area contributed by atoms with Crippen LogP contribution in [0.2, 0.25) is 0 Å². The fourth-order valence-electron chi connectivity index (χ4n) is 3.76. The van der Waals surface area contributed by atoms with Crippen LogP contribution in [0.15, 0.2) is 58.9 Å². The minimum atomic E-state index is -4.12. The van der Waals surface area contributed by atoms with Crippen LogP contribution in [0, 0.1) is 20.8 Å². The summed E-state index contributed by atoms with van der Waals surface area (Å²) in [7, 11) is -4.12. The molecule has 0 saturated heterocycles. The molecule has 0 aliphatic rings. The molecule has 34 heavy (non-hydrogen) atoms. The van der Waals surface area contributed by atoms with Gasteiger partial charge in [0.1, 0.15) is 5.01 Å². The smallest absolute Gasteiger partial charge is 0.421 e. The Bertz CT molecular complexity index is 1440. The van der Waals surface area contributed by atoms with Crippen LogP contribution in [-0.4, -0.2) is 35.9 Å². The summed E-state index contributed by atoms with van der Waals surface area (Å²) in [5.41, 5.74) is 5.77. The second kappa shape index (κ2) is 9.40. The van der Waals surface area contributed by atoms with Gasteiger partial charge in [-0.2, -0.15) is 5.10 Å². The van der Waals surface area contributed by atoms with Crippen molar-refractivity contribution in [1.82, 2.24) is 19.5 Å². The second-order valence-electron chi connectivity index (χ2n) is 7.67. The highest BCUT2D eigenvalue weighted by Gasteiger charge is 2.23. The average molecular weight is 497 g/mol. The molecule has 0 radical (unpaired) electrons. The molecule has 0 atom stereocenters. The first kappa shape index (κ1) is 23.7. The van der Waals surface area contributed by atoms with Crippen LogP contribution in [0.1, 0.15) is 23.9 Å². The fourth-order valence-corrected chi connectivity index (χ4v) is 5.65. The van der Waals surface area contributed by atoms with E-state index in [-0.39, 0.29) is 11.5 Å². The standard InChI is InChI=1S/C24H24N4O4S2/c1-5-32-24(29)27-34(30,31)21-11-6-15(2)14-20(21)18-7-9-19(10-8-18)28-17(4)22(16(3)26-28)23-25-12-13-33-23/h6-14H,5H2,1-4H3,(H,27,29). The molecule has 4 rings (SSSR count). The number of hydrogen-bond acceptors (Lipinski definition) is 7. The number of aromatic nitrogens is 3. The second-order valence-corrected chi connectivity index (χ2v) is 10.2. The van der Waals surface area contributed by atoms with Crippen LogP contribution >= 0.6 is 11.3 Å². The van der Waals surface area contributed by atoms with Crippen molar-refractivity contribution in [1.29, 1.82) is 0 Å². The minimum Gasteiger partial charge on any atom is -0.449 e. The summed E-state index contributed by atoms with van der Waals surface area (Å²) in [6.45, 7) is 7.50. The Labute approximate surface area is 202 Å². The number of ether oxygens (including phenoxy) is 1. The number of sulfonamides is 1. The normalized spacial score (nSPS) is 11.4. The predicted octanol–water partition coefficient (Wildman–Crippen LogP) is 5.02. The maximum atomic E-state index is 12.9. The summed E-state index contributed by atoms with van der Waals surface area (Å²) in [6.07, 6.45) is 0.764. The number of rotatable bonds is 6. The fraction of sp³-hybridized carbons (Fsp3) is 0.208. The van der Waals surface area contributed by atoms with E-state index >= 15 is 0 Å². The molecule has 8 nitrogen and oxygen atoms in total. The van der Waals surface area contributed by atoms with E-state index in [2.05, 4.69) is 10.1 Å². The van der Waals surface area contributed by atoms with Gasteiger partial charge in [-0.15, -0.1) is 11.3 Å². The van der Waals surface area contributed by atoms with Crippen molar-refractivity contribution in [2.45, 2.75) is 32.6 Å². The van der Waals surface area contributed by atoms with Gasteiger partial charge in [-0.25, -0.2) is 27.6 Å². The quantitative estimate of drug-likeness (QED) is 0.402. The van der Waals surface area contributed by atoms with Gasteiger partial charge in [0, 0.05) is 17.1 Å². The molecule has 176 valence electrons. The van der Waals surface area contributed by atoms with Gasteiger partial charge in [0.25, 0.3) is 10.0 Å². The molecule has 2 aromatic heterocycles. The highest BCUT2D eigenvalue weighted by Crippen LogP contribution is 2.32. The number of nitrogens with zero attached hydrogens (tertiary/aromatic N) is 3. The molecule has 0 aliphatic heterocycles. The van der Waals surface area contributed by atoms with Crippen LogP contribution in [0.25, 0.3) is 27.4 Å². The number of hydrogen-bond donors (Lipinski definition) is 1. The lowest BCUT2D eigenvalue weighted by molar-refractivity contribution is 0.158. The summed E-state index contributed by atoms with van der Waals surface area (Å²) in [6, 6.07) is 12.4. The van der Waals surface area contributed by atoms with E-state index in [9.17, 15) is 13.2 Å². The van der Waals surface area contributed by atoms with Crippen molar-refractivity contribution in [3.63, 3.8) is 0 Å². The van der Waals surface area contributed by atoms with Gasteiger partial charge < -0.3 is 4.74 Å². The molecular formula is C24H24N4O4S2. The number of carbonyl (C=O) groups excluding carboxylic acids is 1. The van der Waals surface area contributed by atoms with Crippen LogP contribution < -0.4 is 4.72 Å². The Kier molecular flexibility index (Phi) is 6.54. The van der Waals surface area contributed by atoms with E-state index < -0.39 is 16.1 Å². The van der Waals surface area contributed by atoms with E-state index in [4.69, 9.17) is 4.74 Å². The minimum absolute atomic E-state index is 0.00364. The van der Waals surface area contributed by atoms with Crippen LogP contribution in [0.3, 0.4) is 0 Å². The molecule has 1 N–H and O–H groups in total. The molecule has 1 amide bonds. The highest BCUT2D eigenvalue weighted by atomic mass is 32.2. The Morgan fingerprint density at radius 1 is 1.12 bits per heavy atom. The van der Waals surface area contributed by atoms with Gasteiger partial charge in [-0.05, 0) is 51.5 Å². The van der Waals surface area contributed by atoms with Gasteiger partial charge >= 0.3 is 6.09 Å².